The number of benzene rings is 2. The molecule has 0 saturated heterocycles. The standard InChI is InChI=1S/C15H14ClNO2/c1-17(2)12-6-3-10(4-7-12)13-8-5-11(15(18)19)9-14(13)16/h3-9H,1-2H3,(H,18,19). The first-order valence-corrected chi connectivity index (χ1v) is 6.17. The van der Waals surface area contributed by atoms with E-state index in [9.17, 15) is 4.79 Å². The molecule has 0 saturated carbocycles. The average Bonchev–Trinajstić information content (AvgIpc) is 2.38. The SMILES string of the molecule is CN(C)c1ccc(-c2ccc(C(=O)O)cc2Cl)cc1. The molecule has 4 heteroatoms. The Morgan fingerprint density at radius 3 is 2.21 bits per heavy atom. The summed E-state index contributed by atoms with van der Waals surface area (Å²) in [5.74, 6) is -0.976. The fraction of sp³-hybridized carbons (Fsp3) is 0.133. The molecule has 0 aliphatic rings. The van der Waals surface area contributed by atoms with E-state index in [1.165, 1.54) is 6.07 Å². The van der Waals surface area contributed by atoms with Gasteiger partial charge in [0.25, 0.3) is 0 Å². The van der Waals surface area contributed by atoms with E-state index in [4.69, 9.17) is 16.7 Å². The van der Waals surface area contributed by atoms with Crippen LogP contribution in [0.5, 0.6) is 0 Å². The van der Waals surface area contributed by atoms with Crippen LogP contribution in [0, 0.1) is 0 Å². The molecule has 0 bridgehead atoms. The van der Waals surface area contributed by atoms with Crippen molar-refractivity contribution in [3.05, 3.63) is 53.1 Å². The van der Waals surface area contributed by atoms with E-state index in [0.717, 1.165) is 16.8 Å². The van der Waals surface area contributed by atoms with Crippen molar-refractivity contribution in [2.45, 2.75) is 0 Å². The summed E-state index contributed by atoms with van der Waals surface area (Å²) in [6.45, 7) is 0. The van der Waals surface area contributed by atoms with Crippen LogP contribution in [0.2, 0.25) is 5.02 Å². The molecule has 2 rings (SSSR count). The summed E-state index contributed by atoms with van der Waals surface area (Å²) in [5.41, 5.74) is 3.09. The third-order valence-corrected chi connectivity index (χ3v) is 3.22. The number of rotatable bonds is 3. The van der Waals surface area contributed by atoms with E-state index in [-0.39, 0.29) is 5.56 Å². The van der Waals surface area contributed by atoms with Crippen LogP contribution >= 0.6 is 11.6 Å². The molecule has 0 radical (unpaired) electrons. The van der Waals surface area contributed by atoms with Crippen molar-refractivity contribution in [1.82, 2.24) is 0 Å². The van der Waals surface area contributed by atoms with Crippen LogP contribution in [-0.2, 0) is 0 Å². The minimum absolute atomic E-state index is 0.193. The summed E-state index contributed by atoms with van der Waals surface area (Å²) < 4.78 is 0. The number of carbonyl (C=O) groups is 1. The Labute approximate surface area is 117 Å². The van der Waals surface area contributed by atoms with Crippen molar-refractivity contribution in [2.75, 3.05) is 19.0 Å². The molecular weight excluding hydrogens is 262 g/mol. The van der Waals surface area contributed by atoms with E-state index in [1.807, 2.05) is 43.3 Å². The van der Waals surface area contributed by atoms with E-state index in [0.29, 0.717) is 5.02 Å². The van der Waals surface area contributed by atoms with Crippen LogP contribution in [0.1, 0.15) is 10.4 Å². The quantitative estimate of drug-likeness (QED) is 0.927. The molecule has 0 spiro atoms. The number of nitrogens with zero attached hydrogens (tertiary/aromatic N) is 1. The zero-order valence-corrected chi connectivity index (χ0v) is 11.5. The Hall–Kier alpha value is -2.00. The van der Waals surface area contributed by atoms with Gasteiger partial charge in [0, 0.05) is 30.4 Å². The lowest BCUT2D eigenvalue weighted by atomic mass is 10.0. The second-order valence-electron chi connectivity index (χ2n) is 4.44. The number of anilines is 1. The highest BCUT2D eigenvalue weighted by atomic mass is 35.5. The van der Waals surface area contributed by atoms with Gasteiger partial charge in [0.1, 0.15) is 0 Å². The summed E-state index contributed by atoms with van der Waals surface area (Å²) in [4.78, 5) is 12.9. The highest BCUT2D eigenvalue weighted by molar-refractivity contribution is 6.33. The molecule has 0 fully saturated rings. The molecule has 19 heavy (non-hydrogen) atoms. The maximum absolute atomic E-state index is 10.9. The van der Waals surface area contributed by atoms with Gasteiger partial charge in [-0.05, 0) is 29.8 Å². The van der Waals surface area contributed by atoms with E-state index < -0.39 is 5.97 Å². The first kappa shape index (κ1) is 13.4. The van der Waals surface area contributed by atoms with E-state index >= 15 is 0 Å². The number of hydrogen-bond acceptors (Lipinski definition) is 2. The Balaban J connectivity index is 2.39. The molecular formula is C15H14ClNO2. The number of carboxylic acid groups (broad SMARTS) is 1. The van der Waals surface area contributed by atoms with Gasteiger partial charge >= 0.3 is 5.97 Å². The van der Waals surface area contributed by atoms with Crippen LogP contribution in [0.4, 0.5) is 5.69 Å². The van der Waals surface area contributed by atoms with Gasteiger partial charge in [-0.25, -0.2) is 4.79 Å². The number of hydrogen-bond donors (Lipinski definition) is 1. The second-order valence-corrected chi connectivity index (χ2v) is 4.85. The average molecular weight is 276 g/mol. The molecule has 2 aromatic carbocycles. The van der Waals surface area contributed by atoms with E-state index in [1.54, 1.807) is 12.1 Å². The minimum Gasteiger partial charge on any atom is -0.478 e. The van der Waals surface area contributed by atoms with Crippen LogP contribution in [-0.4, -0.2) is 25.2 Å². The Kier molecular flexibility index (Phi) is 3.76. The topological polar surface area (TPSA) is 40.5 Å². The molecule has 0 aliphatic carbocycles. The monoisotopic (exact) mass is 275 g/mol. The molecule has 0 atom stereocenters. The van der Waals surface area contributed by atoms with Gasteiger partial charge in [0.15, 0.2) is 0 Å². The van der Waals surface area contributed by atoms with Crippen LogP contribution in [0.25, 0.3) is 11.1 Å². The van der Waals surface area contributed by atoms with Crippen molar-refractivity contribution in [1.29, 1.82) is 0 Å². The molecule has 0 unspecified atom stereocenters. The highest BCUT2D eigenvalue weighted by Crippen LogP contribution is 2.30. The molecule has 0 heterocycles. The lowest BCUT2D eigenvalue weighted by molar-refractivity contribution is 0.0697. The second kappa shape index (κ2) is 5.33. The summed E-state index contributed by atoms with van der Waals surface area (Å²) in [6, 6.07) is 12.7. The summed E-state index contributed by atoms with van der Waals surface area (Å²) in [7, 11) is 3.95. The molecule has 0 aliphatic heterocycles. The first-order valence-electron chi connectivity index (χ1n) is 5.79. The zero-order chi connectivity index (χ0) is 14.0. The normalized spacial score (nSPS) is 10.3. The first-order chi connectivity index (χ1) is 8.99. The Morgan fingerprint density at radius 1 is 1.11 bits per heavy atom. The maximum atomic E-state index is 10.9. The zero-order valence-electron chi connectivity index (χ0n) is 10.7. The smallest absolute Gasteiger partial charge is 0.335 e. The third kappa shape index (κ3) is 2.88. The molecule has 1 N–H and O–H groups in total. The Bertz CT molecular complexity index is 606. The van der Waals surface area contributed by atoms with Crippen molar-refractivity contribution >= 4 is 23.3 Å². The van der Waals surface area contributed by atoms with Crippen LogP contribution < -0.4 is 4.90 Å². The highest BCUT2D eigenvalue weighted by Gasteiger charge is 2.08. The third-order valence-electron chi connectivity index (χ3n) is 2.91. The van der Waals surface area contributed by atoms with Crippen LogP contribution in [0.3, 0.4) is 0 Å². The maximum Gasteiger partial charge on any atom is 0.335 e. The van der Waals surface area contributed by atoms with E-state index in [2.05, 4.69) is 0 Å². The molecule has 0 amide bonds. The molecule has 98 valence electrons. The summed E-state index contributed by atoms with van der Waals surface area (Å²) in [6.07, 6.45) is 0. The van der Waals surface area contributed by atoms with Gasteiger partial charge in [-0.15, -0.1) is 0 Å². The number of carboxylic acids is 1. The molecule has 2 aromatic rings. The van der Waals surface area contributed by atoms with Gasteiger partial charge < -0.3 is 10.0 Å². The van der Waals surface area contributed by atoms with Crippen LogP contribution in [0.15, 0.2) is 42.5 Å². The minimum atomic E-state index is -0.976. The fourth-order valence-corrected chi connectivity index (χ4v) is 2.11. The number of halogens is 1. The summed E-state index contributed by atoms with van der Waals surface area (Å²) >= 11 is 6.14. The van der Waals surface area contributed by atoms with Crippen molar-refractivity contribution in [3.8, 4) is 11.1 Å². The summed E-state index contributed by atoms with van der Waals surface area (Å²) in [5, 5.41) is 9.35. The largest absolute Gasteiger partial charge is 0.478 e. The van der Waals surface area contributed by atoms with Crippen molar-refractivity contribution in [2.24, 2.45) is 0 Å². The van der Waals surface area contributed by atoms with Gasteiger partial charge in [0.05, 0.1) is 5.56 Å². The predicted octanol–water partition coefficient (Wildman–Crippen LogP) is 3.77. The van der Waals surface area contributed by atoms with Crippen molar-refractivity contribution in [3.63, 3.8) is 0 Å². The van der Waals surface area contributed by atoms with Gasteiger partial charge in [0.2, 0.25) is 0 Å². The molecule has 3 nitrogen and oxygen atoms in total. The lowest BCUT2D eigenvalue weighted by Crippen LogP contribution is -2.07. The van der Waals surface area contributed by atoms with Gasteiger partial charge in [-0.2, -0.15) is 0 Å². The predicted molar refractivity (Wildman–Crippen MR) is 78.2 cm³/mol. The lowest BCUT2D eigenvalue weighted by Gasteiger charge is -2.13. The molecule has 0 aromatic heterocycles. The fourth-order valence-electron chi connectivity index (χ4n) is 1.82. The Morgan fingerprint density at radius 2 is 1.74 bits per heavy atom. The van der Waals surface area contributed by atoms with Gasteiger partial charge in [-0.1, -0.05) is 29.8 Å². The van der Waals surface area contributed by atoms with Gasteiger partial charge in [-0.3, -0.25) is 0 Å². The number of aromatic carboxylic acids is 1. The van der Waals surface area contributed by atoms with Crippen molar-refractivity contribution < 1.29 is 9.90 Å².